The Kier molecular flexibility index (Phi) is 6.04. The van der Waals surface area contributed by atoms with Gasteiger partial charge in [-0.05, 0) is 31.7 Å². The van der Waals surface area contributed by atoms with Gasteiger partial charge in [-0.25, -0.2) is 12.7 Å². The van der Waals surface area contributed by atoms with Crippen LogP contribution in [0.5, 0.6) is 0 Å². The minimum absolute atomic E-state index is 0.193. The SMILES string of the molecule is CC(C)NCCCS(=O)(=O)N(C)CC1CC(O)C1. The van der Waals surface area contributed by atoms with Gasteiger partial charge in [-0.15, -0.1) is 0 Å². The van der Waals surface area contributed by atoms with Gasteiger partial charge < -0.3 is 10.4 Å². The summed E-state index contributed by atoms with van der Waals surface area (Å²) >= 11 is 0. The van der Waals surface area contributed by atoms with E-state index >= 15 is 0 Å². The molecule has 0 aromatic rings. The molecule has 1 fully saturated rings. The molecular weight excluding hydrogens is 252 g/mol. The zero-order chi connectivity index (χ0) is 13.8. The topological polar surface area (TPSA) is 69.6 Å². The molecule has 0 heterocycles. The van der Waals surface area contributed by atoms with Crippen molar-refractivity contribution < 1.29 is 13.5 Å². The molecule has 0 aromatic carbocycles. The van der Waals surface area contributed by atoms with Gasteiger partial charge >= 0.3 is 0 Å². The Morgan fingerprint density at radius 1 is 1.39 bits per heavy atom. The molecule has 0 unspecified atom stereocenters. The summed E-state index contributed by atoms with van der Waals surface area (Å²) in [5, 5.41) is 12.4. The average molecular weight is 278 g/mol. The van der Waals surface area contributed by atoms with Crippen LogP contribution < -0.4 is 5.32 Å². The van der Waals surface area contributed by atoms with Crippen LogP contribution in [0.3, 0.4) is 0 Å². The number of nitrogens with zero attached hydrogens (tertiary/aromatic N) is 1. The summed E-state index contributed by atoms with van der Waals surface area (Å²) in [6.45, 7) is 5.36. The standard InChI is InChI=1S/C12H26N2O3S/c1-10(2)13-5-4-6-18(16,17)14(3)9-11-7-12(15)8-11/h10-13,15H,4-9H2,1-3H3. The van der Waals surface area contributed by atoms with E-state index in [9.17, 15) is 13.5 Å². The van der Waals surface area contributed by atoms with E-state index in [1.165, 1.54) is 4.31 Å². The highest BCUT2D eigenvalue weighted by molar-refractivity contribution is 7.89. The quantitative estimate of drug-likeness (QED) is 0.631. The Balaban J connectivity index is 2.24. The van der Waals surface area contributed by atoms with Crippen molar-refractivity contribution in [3.8, 4) is 0 Å². The molecule has 2 N–H and O–H groups in total. The lowest BCUT2D eigenvalue weighted by Crippen LogP contribution is -2.40. The van der Waals surface area contributed by atoms with E-state index in [0.717, 1.165) is 19.4 Å². The normalized spacial score (nSPS) is 24.6. The highest BCUT2D eigenvalue weighted by Crippen LogP contribution is 2.28. The molecule has 0 bridgehead atoms. The molecule has 1 saturated carbocycles. The monoisotopic (exact) mass is 278 g/mol. The second-order valence-electron chi connectivity index (χ2n) is 5.55. The Labute approximate surface area is 111 Å². The van der Waals surface area contributed by atoms with E-state index in [-0.39, 0.29) is 11.9 Å². The Hall–Kier alpha value is -0.170. The minimum atomic E-state index is -3.14. The maximum Gasteiger partial charge on any atom is 0.213 e. The zero-order valence-corrected chi connectivity index (χ0v) is 12.4. The summed E-state index contributed by atoms with van der Waals surface area (Å²) in [6.07, 6.45) is 1.88. The number of sulfonamides is 1. The molecule has 0 spiro atoms. The summed E-state index contributed by atoms with van der Waals surface area (Å²) in [6, 6.07) is 0.391. The predicted octanol–water partition coefficient (Wildman–Crippen LogP) is 0.407. The zero-order valence-electron chi connectivity index (χ0n) is 11.6. The van der Waals surface area contributed by atoms with Gasteiger partial charge in [0.2, 0.25) is 10.0 Å². The second-order valence-corrected chi connectivity index (χ2v) is 7.75. The molecule has 18 heavy (non-hydrogen) atoms. The number of nitrogens with one attached hydrogen (secondary N) is 1. The summed E-state index contributed by atoms with van der Waals surface area (Å²) in [4.78, 5) is 0. The molecule has 0 radical (unpaired) electrons. The third-order valence-corrected chi connectivity index (χ3v) is 5.24. The highest BCUT2D eigenvalue weighted by atomic mass is 32.2. The lowest BCUT2D eigenvalue weighted by Gasteiger charge is -2.34. The summed E-state index contributed by atoms with van der Waals surface area (Å²) in [7, 11) is -1.50. The molecule has 6 heteroatoms. The van der Waals surface area contributed by atoms with Crippen molar-refractivity contribution in [2.24, 2.45) is 5.92 Å². The summed E-state index contributed by atoms with van der Waals surface area (Å²) in [5.74, 6) is 0.520. The Bertz CT molecular complexity index is 337. The van der Waals surface area contributed by atoms with E-state index in [1.807, 2.05) is 13.8 Å². The van der Waals surface area contributed by atoms with Gasteiger partial charge in [0.25, 0.3) is 0 Å². The van der Waals surface area contributed by atoms with Crippen LogP contribution in [0.15, 0.2) is 0 Å². The van der Waals surface area contributed by atoms with Gasteiger partial charge in [-0.1, -0.05) is 13.8 Å². The van der Waals surface area contributed by atoms with Crippen LogP contribution in [0.4, 0.5) is 0 Å². The smallest absolute Gasteiger partial charge is 0.213 e. The van der Waals surface area contributed by atoms with Crippen molar-refractivity contribution in [1.82, 2.24) is 9.62 Å². The maximum absolute atomic E-state index is 12.0. The number of rotatable bonds is 8. The van der Waals surface area contributed by atoms with Gasteiger partial charge in [0, 0.05) is 19.6 Å². The molecule has 1 aliphatic rings. The highest BCUT2D eigenvalue weighted by Gasteiger charge is 2.30. The molecular formula is C12H26N2O3S. The summed E-state index contributed by atoms with van der Waals surface area (Å²) < 4.78 is 25.4. The third kappa shape index (κ3) is 5.22. The van der Waals surface area contributed by atoms with Gasteiger partial charge in [-0.3, -0.25) is 0 Å². The first kappa shape index (κ1) is 15.9. The molecule has 0 saturated heterocycles. The fourth-order valence-corrected chi connectivity index (χ4v) is 3.39. The number of hydrogen-bond acceptors (Lipinski definition) is 4. The van der Waals surface area contributed by atoms with Crippen LogP contribution in [0.1, 0.15) is 33.1 Å². The van der Waals surface area contributed by atoms with E-state index in [2.05, 4.69) is 5.32 Å². The average Bonchev–Trinajstić information content (AvgIpc) is 2.22. The minimum Gasteiger partial charge on any atom is -0.393 e. The molecule has 108 valence electrons. The fraction of sp³-hybridized carbons (Fsp3) is 1.00. The van der Waals surface area contributed by atoms with Gasteiger partial charge in [0.15, 0.2) is 0 Å². The van der Waals surface area contributed by atoms with E-state index in [4.69, 9.17) is 0 Å². The maximum atomic E-state index is 12.0. The molecule has 0 aliphatic heterocycles. The molecule has 1 aliphatic carbocycles. The van der Waals surface area contributed by atoms with Gasteiger partial charge in [0.1, 0.15) is 0 Å². The Morgan fingerprint density at radius 3 is 2.50 bits per heavy atom. The third-order valence-electron chi connectivity index (χ3n) is 3.33. The molecule has 5 nitrogen and oxygen atoms in total. The van der Waals surface area contributed by atoms with Crippen LogP contribution in [0, 0.1) is 5.92 Å². The van der Waals surface area contributed by atoms with Crippen LogP contribution in [0.25, 0.3) is 0 Å². The van der Waals surface area contributed by atoms with Crippen LogP contribution in [-0.4, -0.2) is 55.9 Å². The number of hydrogen-bond donors (Lipinski definition) is 2. The lowest BCUT2D eigenvalue weighted by molar-refractivity contribution is 0.0367. The first-order chi connectivity index (χ1) is 8.31. The number of aliphatic hydroxyl groups is 1. The lowest BCUT2D eigenvalue weighted by atomic mass is 9.82. The first-order valence-electron chi connectivity index (χ1n) is 6.66. The molecule has 0 aromatic heterocycles. The van der Waals surface area contributed by atoms with Gasteiger partial charge in [-0.2, -0.15) is 0 Å². The fourth-order valence-electron chi connectivity index (χ4n) is 2.13. The van der Waals surface area contributed by atoms with Crippen LogP contribution >= 0.6 is 0 Å². The van der Waals surface area contributed by atoms with Crippen molar-refractivity contribution in [1.29, 1.82) is 0 Å². The van der Waals surface area contributed by atoms with Crippen LogP contribution in [-0.2, 0) is 10.0 Å². The largest absolute Gasteiger partial charge is 0.393 e. The van der Waals surface area contributed by atoms with Gasteiger partial charge in [0.05, 0.1) is 11.9 Å². The van der Waals surface area contributed by atoms with E-state index < -0.39 is 10.0 Å². The van der Waals surface area contributed by atoms with Crippen molar-refractivity contribution in [2.45, 2.75) is 45.3 Å². The molecule has 1 rings (SSSR count). The van der Waals surface area contributed by atoms with Crippen molar-refractivity contribution >= 4 is 10.0 Å². The second kappa shape index (κ2) is 6.84. The predicted molar refractivity (Wildman–Crippen MR) is 72.9 cm³/mol. The first-order valence-corrected chi connectivity index (χ1v) is 8.27. The van der Waals surface area contributed by atoms with Crippen molar-refractivity contribution in [3.05, 3.63) is 0 Å². The van der Waals surface area contributed by atoms with Crippen molar-refractivity contribution in [2.75, 3.05) is 25.9 Å². The van der Waals surface area contributed by atoms with Crippen LogP contribution in [0.2, 0.25) is 0 Å². The molecule has 0 atom stereocenters. The van der Waals surface area contributed by atoms with E-state index in [0.29, 0.717) is 24.9 Å². The van der Waals surface area contributed by atoms with E-state index in [1.54, 1.807) is 7.05 Å². The summed E-state index contributed by atoms with van der Waals surface area (Å²) in [5.41, 5.74) is 0. The Morgan fingerprint density at radius 2 is 2.00 bits per heavy atom. The molecule has 0 amide bonds. The number of aliphatic hydroxyl groups excluding tert-OH is 1. The van der Waals surface area contributed by atoms with Crippen molar-refractivity contribution in [3.63, 3.8) is 0 Å².